The third kappa shape index (κ3) is 3.64. The van der Waals surface area contributed by atoms with E-state index >= 15 is 0 Å². The highest BCUT2D eigenvalue weighted by molar-refractivity contribution is 5.97. The van der Waals surface area contributed by atoms with E-state index in [0.29, 0.717) is 0 Å². The molecule has 0 fully saturated rings. The van der Waals surface area contributed by atoms with Crippen LogP contribution in [0.4, 0.5) is 11.4 Å². The fourth-order valence-corrected chi connectivity index (χ4v) is 4.40. The van der Waals surface area contributed by atoms with Gasteiger partial charge in [0, 0.05) is 16.8 Å². The molecule has 3 aromatic rings. The van der Waals surface area contributed by atoms with Crippen molar-refractivity contribution >= 4 is 27.7 Å². The summed E-state index contributed by atoms with van der Waals surface area (Å²) < 4.78 is 0. The maximum Gasteiger partial charge on any atom is 0.0539 e. The van der Waals surface area contributed by atoms with E-state index in [1.54, 1.807) is 0 Å². The second-order valence-corrected chi connectivity index (χ2v) is 8.19. The van der Waals surface area contributed by atoms with Crippen LogP contribution in [0.25, 0.3) is 16.3 Å². The molecule has 0 spiro atoms. The van der Waals surface area contributed by atoms with E-state index in [2.05, 4.69) is 109 Å². The van der Waals surface area contributed by atoms with Crippen molar-refractivity contribution in [2.24, 2.45) is 0 Å². The first-order chi connectivity index (χ1) is 14.8. The SMILES string of the molecule is CC1=CC=C(c2ccc(N(C3=CCCC=C3)c3cccc4ccccc34)cc2)CC1. The molecule has 0 aromatic heterocycles. The van der Waals surface area contributed by atoms with E-state index in [0.717, 1.165) is 25.7 Å². The molecule has 0 radical (unpaired) electrons. The van der Waals surface area contributed by atoms with Crippen molar-refractivity contribution in [1.29, 1.82) is 0 Å². The van der Waals surface area contributed by atoms with Gasteiger partial charge in [0.15, 0.2) is 0 Å². The standard InChI is InChI=1S/C29H27N/c1-22-14-16-23(17-15-22)24-18-20-27(21-19-24)30(26-10-3-2-4-11-26)29-13-7-9-25-8-5-6-12-28(25)29/h3,5-14,16,18-21H,2,4,15,17H2,1H3. The van der Waals surface area contributed by atoms with Crippen LogP contribution in [0.2, 0.25) is 0 Å². The molecule has 0 N–H and O–H groups in total. The van der Waals surface area contributed by atoms with Gasteiger partial charge in [-0.05, 0) is 73.4 Å². The van der Waals surface area contributed by atoms with Crippen LogP contribution < -0.4 is 4.90 Å². The van der Waals surface area contributed by atoms with Gasteiger partial charge in [0.25, 0.3) is 0 Å². The normalized spacial score (nSPS) is 16.1. The van der Waals surface area contributed by atoms with Crippen LogP contribution in [0.3, 0.4) is 0 Å². The van der Waals surface area contributed by atoms with Crippen LogP contribution >= 0.6 is 0 Å². The molecule has 0 amide bonds. The Balaban J connectivity index is 1.59. The topological polar surface area (TPSA) is 3.24 Å². The van der Waals surface area contributed by atoms with Crippen molar-refractivity contribution in [3.05, 3.63) is 114 Å². The largest absolute Gasteiger partial charge is 0.310 e. The molecule has 5 rings (SSSR count). The lowest BCUT2D eigenvalue weighted by Gasteiger charge is -2.29. The van der Waals surface area contributed by atoms with E-state index < -0.39 is 0 Å². The van der Waals surface area contributed by atoms with Gasteiger partial charge in [0.2, 0.25) is 0 Å². The van der Waals surface area contributed by atoms with Gasteiger partial charge in [-0.1, -0.05) is 78.4 Å². The molecule has 0 heterocycles. The van der Waals surface area contributed by atoms with Gasteiger partial charge in [-0.2, -0.15) is 0 Å². The summed E-state index contributed by atoms with van der Waals surface area (Å²) in [6, 6.07) is 24.3. The number of anilines is 2. The second-order valence-electron chi connectivity index (χ2n) is 8.19. The molecule has 3 aromatic carbocycles. The third-order valence-corrected chi connectivity index (χ3v) is 6.10. The quantitative estimate of drug-likeness (QED) is 0.433. The van der Waals surface area contributed by atoms with Crippen LogP contribution in [0.1, 0.15) is 38.2 Å². The Morgan fingerprint density at radius 3 is 2.37 bits per heavy atom. The predicted octanol–water partition coefficient (Wildman–Crippen LogP) is 8.34. The lowest BCUT2D eigenvalue weighted by atomic mass is 9.94. The molecule has 2 aliphatic rings. The Kier molecular flexibility index (Phi) is 5.11. The summed E-state index contributed by atoms with van der Waals surface area (Å²) in [6.07, 6.45) is 15.9. The Labute approximate surface area is 179 Å². The molecule has 0 saturated heterocycles. The summed E-state index contributed by atoms with van der Waals surface area (Å²) in [7, 11) is 0. The van der Waals surface area contributed by atoms with Crippen LogP contribution in [0.15, 0.2) is 108 Å². The molecule has 1 nitrogen and oxygen atoms in total. The van der Waals surface area contributed by atoms with E-state index in [1.165, 1.54) is 44.6 Å². The van der Waals surface area contributed by atoms with Crippen molar-refractivity contribution in [3.8, 4) is 0 Å². The summed E-state index contributed by atoms with van der Waals surface area (Å²) in [5.74, 6) is 0. The summed E-state index contributed by atoms with van der Waals surface area (Å²) in [5.41, 5.74) is 7.91. The number of hydrogen-bond acceptors (Lipinski definition) is 1. The minimum Gasteiger partial charge on any atom is -0.310 e. The molecule has 0 bridgehead atoms. The lowest BCUT2D eigenvalue weighted by Crippen LogP contribution is -2.16. The van der Waals surface area contributed by atoms with Gasteiger partial charge in [0.05, 0.1) is 5.69 Å². The van der Waals surface area contributed by atoms with E-state index in [1.807, 2.05) is 0 Å². The van der Waals surface area contributed by atoms with E-state index in [-0.39, 0.29) is 0 Å². The monoisotopic (exact) mass is 389 g/mol. The van der Waals surface area contributed by atoms with Crippen molar-refractivity contribution < 1.29 is 0 Å². The Bertz CT molecular complexity index is 1180. The number of allylic oxidation sites excluding steroid dienone is 7. The molecule has 0 saturated carbocycles. The van der Waals surface area contributed by atoms with Crippen LogP contribution in [-0.4, -0.2) is 0 Å². The number of hydrogen-bond donors (Lipinski definition) is 0. The van der Waals surface area contributed by atoms with Crippen molar-refractivity contribution in [3.63, 3.8) is 0 Å². The Morgan fingerprint density at radius 1 is 0.767 bits per heavy atom. The average Bonchev–Trinajstić information content (AvgIpc) is 2.81. The Hall–Kier alpha value is -3.32. The fraction of sp³-hybridized carbons (Fsp3) is 0.172. The second kappa shape index (κ2) is 8.20. The van der Waals surface area contributed by atoms with Gasteiger partial charge >= 0.3 is 0 Å². The molecule has 30 heavy (non-hydrogen) atoms. The van der Waals surface area contributed by atoms with Crippen molar-refractivity contribution in [2.45, 2.75) is 32.6 Å². The summed E-state index contributed by atoms with van der Waals surface area (Å²) in [5, 5.41) is 2.55. The number of fused-ring (bicyclic) bond motifs is 1. The van der Waals surface area contributed by atoms with E-state index in [9.17, 15) is 0 Å². The molecular weight excluding hydrogens is 362 g/mol. The highest BCUT2D eigenvalue weighted by Crippen LogP contribution is 2.37. The van der Waals surface area contributed by atoms with E-state index in [4.69, 9.17) is 0 Å². The number of rotatable bonds is 4. The molecule has 148 valence electrons. The van der Waals surface area contributed by atoms with Gasteiger partial charge in [-0.25, -0.2) is 0 Å². The summed E-state index contributed by atoms with van der Waals surface area (Å²) >= 11 is 0. The maximum atomic E-state index is 2.40. The average molecular weight is 390 g/mol. The zero-order valence-corrected chi connectivity index (χ0v) is 17.5. The minimum absolute atomic E-state index is 1.09. The zero-order valence-electron chi connectivity index (χ0n) is 17.5. The number of benzene rings is 3. The van der Waals surface area contributed by atoms with Gasteiger partial charge in [-0.3, -0.25) is 0 Å². The first kappa shape index (κ1) is 18.7. The smallest absolute Gasteiger partial charge is 0.0539 e. The Morgan fingerprint density at radius 2 is 1.60 bits per heavy atom. The molecular formula is C29H27N. The lowest BCUT2D eigenvalue weighted by molar-refractivity contribution is 0.976. The zero-order chi connectivity index (χ0) is 20.3. The first-order valence-electron chi connectivity index (χ1n) is 10.9. The molecule has 2 aliphatic carbocycles. The predicted molar refractivity (Wildman–Crippen MR) is 130 cm³/mol. The summed E-state index contributed by atoms with van der Waals surface area (Å²) in [6.45, 7) is 2.21. The molecule has 0 unspecified atom stereocenters. The van der Waals surface area contributed by atoms with Crippen LogP contribution in [0, 0.1) is 0 Å². The van der Waals surface area contributed by atoms with Gasteiger partial charge in [0.1, 0.15) is 0 Å². The fourth-order valence-electron chi connectivity index (χ4n) is 4.40. The maximum absolute atomic E-state index is 2.40. The highest BCUT2D eigenvalue weighted by atomic mass is 15.1. The highest BCUT2D eigenvalue weighted by Gasteiger charge is 2.17. The molecule has 1 heteroatoms. The van der Waals surface area contributed by atoms with Crippen molar-refractivity contribution in [1.82, 2.24) is 0 Å². The molecule has 0 aliphatic heterocycles. The number of nitrogens with zero attached hydrogens (tertiary/aromatic N) is 1. The van der Waals surface area contributed by atoms with Crippen LogP contribution in [0.5, 0.6) is 0 Å². The third-order valence-electron chi connectivity index (χ3n) is 6.10. The van der Waals surface area contributed by atoms with Gasteiger partial charge in [-0.15, -0.1) is 0 Å². The van der Waals surface area contributed by atoms with Crippen LogP contribution in [-0.2, 0) is 0 Å². The van der Waals surface area contributed by atoms with Gasteiger partial charge < -0.3 is 4.90 Å². The molecule has 0 atom stereocenters. The minimum atomic E-state index is 1.09. The first-order valence-corrected chi connectivity index (χ1v) is 10.9. The summed E-state index contributed by atoms with van der Waals surface area (Å²) in [4.78, 5) is 2.40. The van der Waals surface area contributed by atoms with Crippen molar-refractivity contribution in [2.75, 3.05) is 4.90 Å².